The molecule has 0 radical (unpaired) electrons. The number of hydrogen-bond donors (Lipinski definition) is 0. The van der Waals surface area contributed by atoms with Gasteiger partial charge in [0.1, 0.15) is 21.8 Å². The first-order valence-electron chi connectivity index (χ1n) is 10.6. The van der Waals surface area contributed by atoms with Gasteiger partial charge in [0.2, 0.25) is 0 Å². The third kappa shape index (κ3) is 3.36. The van der Waals surface area contributed by atoms with E-state index in [4.69, 9.17) is 0 Å². The van der Waals surface area contributed by atoms with Crippen LogP contribution in [0, 0.1) is 0 Å². The first kappa shape index (κ1) is 20.6. The Kier molecular flexibility index (Phi) is 5.42. The molecule has 0 amide bonds. The van der Waals surface area contributed by atoms with Crippen molar-refractivity contribution in [3.63, 3.8) is 0 Å². The van der Waals surface area contributed by atoms with E-state index in [-0.39, 0.29) is 21.8 Å². The van der Waals surface area contributed by atoms with Crippen molar-refractivity contribution < 1.29 is 0 Å². The second kappa shape index (κ2) is 8.42. The summed E-state index contributed by atoms with van der Waals surface area (Å²) in [7, 11) is -0.131. The molecule has 0 unspecified atom stereocenters. The van der Waals surface area contributed by atoms with Crippen molar-refractivity contribution in [3.8, 4) is 0 Å². The van der Waals surface area contributed by atoms with Gasteiger partial charge in [-0.1, -0.05) is 72.1 Å². The molecule has 0 fully saturated rings. The molecule has 2 heterocycles. The van der Waals surface area contributed by atoms with Gasteiger partial charge >= 0.3 is 0 Å². The summed E-state index contributed by atoms with van der Waals surface area (Å²) in [6.45, 7) is 4.75. The fraction of sp³-hybridized carbons (Fsp3) is 0.0714. The van der Waals surface area contributed by atoms with Crippen LogP contribution in [0.2, 0.25) is 0 Å². The van der Waals surface area contributed by atoms with E-state index in [1.54, 1.807) is 0 Å². The molecule has 0 nitrogen and oxygen atoms in total. The van der Waals surface area contributed by atoms with E-state index in [0.29, 0.717) is 0 Å². The van der Waals surface area contributed by atoms with Gasteiger partial charge in [-0.15, -0.1) is 0 Å². The molecule has 32 heavy (non-hydrogen) atoms. The van der Waals surface area contributed by atoms with E-state index in [1.165, 1.54) is 49.0 Å². The highest BCUT2D eigenvalue weighted by atomic mass is 32.2. The van der Waals surface area contributed by atoms with Crippen LogP contribution in [0.3, 0.4) is 0 Å². The molecular weight excluding hydrogens is 465 g/mol. The minimum Gasteiger partial charge on any atom is -0.0795 e. The highest BCUT2D eigenvalue weighted by Gasteiger charge is 2.45. The number of rotatable bonds is 2. The molecule has 0 bridgehead atoms. The molecule has 2 aliphatic heterocycles. The fourth-order valence-corrected chi connectivity index (χ4v) is 12.3. The molecule has 156 valence electrons. The first-order chi connectivity index (χ1) is 15.7. The van der Waals surface area contributed by atoms with Gasteiger partial charge in [-0.25, -0.2) is 0 Å². The SMILES string of the molecule is C/C(=C(/C)[S+]1c2ccccc2Sc2ccccc21)[S+]1c2ccccc2Sc2ccccc21. The molecule has 4 aromatic rings. The van der Waals surface area contributed by atoms with Gasteiger partial charge < -0.3 is 0 Å². The molecular formula is C28H22S4+2. The summed E-state index contributed by atoms with van der Waals surface area (Å²) in [6.07, 6.45) is 0. The maximum atomic E-state index is 2.38. The molecule has 0 saturated heterocycles. The highest BCUT2D eigenvalue weighted by molar-refractivity contribution is 8.08. The summed E-state index contributed by atoms with van der Waals surface area (Å²) in [5.74, 6) is 0. The van der Waals surface area contributed by atoms with Crippen molar-refractivity contribution in [1.29, 1.82) is 0 Å². The minimum absolute atomic E-state index is 0.0657. The Balaban J connectivity index is 1.57. The minimum atomic E-state index is -0.0657. The van der Waals surface area contributed by atoms with Gasteiger partial charge in [0.15, 0.2) is 29.4 Å². The summed E-state index contributed by atoms with van der Waals surface area (Å²) in [6, 6.07) is 35.9. The lowest BCUT2D eigenvalue weighted by molar-refractivity contribution is 1.13. The van der Waals surface area contributed by atoms with Gasteiger partial charge in [0.25, 0.3) is 0 Å². The summed E-state index contributed by atoms with van der Waals surface area (Å²) >= 11 is 3.82. The van der Waals surface area contributed by atoms with E-state index in [1.807, 2.05) is 23.5 Å². The van der Waals surface area contributed by atoms with Crippen LogP contribution in [-0.4, -0.2) is 0 Å². The maximum absolute atomic E-state index is 2.38. The van der Waals surface area contributed by atoms with Crippen molar-refractivity contribution in [2.75, 3.05) is 0 Å². The molecule has 4 aromatic carbocycles. The van der Waals surface area contributed by atoms with Crippen LogP contribution in [0.15, 0.2) is 146 Å². The molecule has 0 aliphatic carbocycles. The van der Waals surface area contributed by atoms with Crippen LogP contribution in [0.5, 0.6) is 0 Å². The van der Waals surface area contributed by atoms with Gasteiger partial charge in [0, 0.05) is 13.8 Å². The van der Waals surface area contributed by atoms with Gasteiger partial charge in [-0.3, -0.25) is 0 Å². The number of hydrogen-bond acceptors (Lipinski definition) is 2. The number of allylic oxidation sites excluding steroid dienone is 2. The fourth-order valence-electron chi connectivity index (χ4n) is 4.23. The van der Waals surface area contributed by atoms with Crippen molar-refractivity contribution >= 4 is 45.3 Å². The third-order valence-electron chi connectivity index (χ3n) is 5.82. The molecule has 0 aromatic heterocycles. The van der Waals surface area contributed by atoms with Crippen molar-refractivity contribution in [2.24, 2.45) is 0 Å². The first-order valence-corrected chi connectivity index (χ1v) is 14.7. The smallest absolute Gasteiger partial charge is 0.0795 e. The van der Waals surface area contributed by atoms with Crippen LogP contribution < -0.4 is 0 Å². The lowest BCUT2D eigenvalue weighted by Gasteiger charge is -2.22. The molecule has 0 atom stereocenters. The number of benzene rings is 4. The van der Waals surface area contributed by atoms with E-state index in [0.717, 1.165) is 0 Å². The standard InChI is InChI=1S/C28H22S4/c1-19(31-25-15-7-3-11-21(25)29-22-12-4-8-16-26(22)31)20(2)32-27-17-9-5-13-23(27)30-24-14-6-10-18-28(24)32/h3-18H,1-2H3/q+2/b20-19+. The summed E-state index contributed by atoms with van der Waals surface area (Å²) in [5, 5.41) is 0. The third-order valence-corrected chi connectivity index (χ3v) is 13.8. The summed E-state index contributed by atoms with van der Waals surface area (Å²) in [4.78, 5) is 14.4. The predicted molar refractivity (Wildman–Crippen MR) is 140 cm³/mol. The Morgan fingerprint density at radius 2 is 0.688 bits per heavy atom. The van der Waals surface area contributed by atoms with Crippen LogP contribution >= 0.6 is 23.5 Å². The largest absolute Gasteiger partial charge is 0.191 e. The van der Waals surface area contributed by atoms with Crippen molar-refractivity contribution in [2.45, 2.75) is 53.0 Å². The van der Waals surface area contributed by atoms with Gasteiger partial charge in [0.05, 0.1) is 19.6 Å². The van der Waals surface area contributed by atoms with Crippen LogP contribution in [0.1, 0.15) is 13.8 Å². The zero-order valence-electron chi connectivity index (χ0n) is 17.9. The molecule has 0 saturated carbocycles. The monoisotopic (exact) mass is 486 g/mol. The maximum Gasteiger partial charge on any atom is 0.191 e. The Morgan fingerprint density at radius 1 is 0.438 bits per heavy atom. The topological polar surface area (TPSA) is 0 Å². The highest BCUT2D eigenvalue weighted by Crippen LogP contribution is 2.52. The molecule has 4 heteroatoms. The second-order valence-electron chi connectivity index (χ2n) is 7.72. The van der Waals surface area contributed by atoms with Crippen molar-refractivity contribution in [3.05, 3.63) is 107 Å². The van der Waals surface area contributed by atoms with Crippen LogP contribution in [0.25, 0.3) is 0 Å². The average Bonchev–Trinajstić information content (AvgIpc) is 2.85. The second-order valence-corrected chi connectivity index (χ2v) is 14.1. The Hall–Kier alpha value is -1.98. The van der Waals surface area contributed by atoms with Gasteiger partial charge in [-0.2, -0.15) is 0 Å². The predicted octanol–water partition coefficient (Wildman–Crippen LogP) is 8.64. The molecule has 0 spiro atoms. The van der Waals surface area contributed by atoms with Gasteiger partial charge in [-0.05, 0) is 48.5 Å². The van der Waals surface area contributed by atoms with Crippen molar-refractivity contribution in [1.82, 2.24) is 0 Å². The zero-order valence-corrected chi connectivity index (χ0v) is 21.1. The quantitative estimate of drug-likeness (QED) is 0.260. The van der Waals surface area contributed by atoms with Crippen LogP contribution in [0.4, 0.5) is 0 Å². The Morgan fingerprint density at radius 3 is 0.969 bits per heavy atom. The zero-order chi connectivity index (χ0) is 21.7. The number of fused-ring (bicyclic) bond motifs is 4. The lowest BCUT2D eigenvalue weighted by atomic mass is 10.3. The summed E-state index contributed by atoms with van der Waals surface area (Å²) in [5.41, 5.74) is 0. The van der Waals surface area contributed by atoms with E-state index >= 15 is 0 Å². The lowest BCUT2D eigenvalue weighted by Crippen LogP contribution is -2.17. The van der Waals surface area contributed by atoms with Crippen LogP contribution in [-0.2, 0) is 21.8 Å². The Labute approximate surface area is 204 Å². The van der Waals surface area contributed by atoms with E-state index < -0.39 is 0 Å². The normalized spacial score (nSPS) is 15.8. The Bertz CT molecular complexity index is 1180. The molecule has 0 N–H and O–H groups in total. The average molecular weight is 487 g/mol. The molecule has 2 aliphatic rings. The van der Waals surface area contributed by atoms with E-state index in [9.17, 15) is 0 Å². The molecule has 6 rings (SSSR count). The van der Waals surface area contributed by atoms with E-state index in [2.05, 4.69) is 111 Å². The summed E-state index contributed by atoms with van der Waals surface area (Å²) < 4.78 is 0.